The van der Waals surface area contributed by atoms with E-state index in [1.165, 1.54) is 6.07 Å². The molecule has 0 aliphatic carbocycles. The minimum absolute atomic E-state index is 0.105. The van der Waals surface area contributed by atoms with Crippen molar-refractivity contribution in [1.29, 1.82) is 0 Å². The number of benzene rings is 1. The number of methoxy groups -OCH3 is 1. The summed E-state index contributed by atoms with van der Waals surface area (Å²) < 4.78 is 33.5. The summed E-state index contributed by atoms with van der Waals surface area (Å²) >= 11 is 0. The molecule has 0 saturated carbocycles. The highest BCUT2D eigenvalue weighted by atomic mass is 19.3. The van der Waals surface area contributed by atoms with E-state index in [4.69, 9.17) is 4.74 Å². The van der Waals surface area contributed by atoms with E-state index in [0.29, 0.717) is 11.3 Å². The summed E-state index contributed by atoms with van der Waals surface area (Å²) in [5.41, 5.74) is 2.25. The number of rotatable bonds is 5. The van der Waals surface area contributed by atoms with E-state index in [9.17, 15) is 8.78 Å². The summed E-state index contributed by atoms with van der Waals surface area (Å²) in [4.78, 5) is 0. The first-order valence-electron chi connectivity index (χ1n) is 6.02. The maximum Gasteiger partial charge on any atom is 0.274 e. The van der Waals surface area contributed by atoms with E-state index in [-0.39, 0.29) is 18.5 Å². The minimum Gasteiger partial charge on any atom is -0.496 e. The Labute approximate surface area is 107 Å². The molecule has 0 saturated heterocycles. The van der Waals surface area contributed by atoms with Crippen molar-refractivity contribution in [2.45, 2.75) is 33.1 Å². The third-order valence-corrected chi connectivity index (χ3v) is 3.31. The Morgan fingerprint density at radius 3 is 2.33 bits per heavy atom. The van der Waals surface area contributed by atoms with Gasteiger partial charge in [0.05, 0.1) is 7.11 Å². The maximum atomic E-state index is 14.1. The van der Waals surface area contributed by atoms with Crippen LogP contribution in [0.4, 0.5) is 8.78 Å². The van der Waals surface area contributed by atoms with Gasteiger partial charge in [0, 0.05) is 18.5 Å². The van der Waals surface area contributed by atoms with E-state index in [0.717, 1.165) is 11.1 Å². The molecule has 0 radical (unpaired) electrons. The summed E-state index contributed by atoms with van der Waals surface area (Å²) in [5.74, 6) is -2.12. The van der Waals surface area contributed by atoms with Crippen molar-refractivity contribution in [2.75, 3.05) is 20.7 Å². The van der Waals surface area contributed by atoms with Crippen LogP contribution in [-0.4, -0.2) is 20.7 Å². The predicted molar refractivity (Wildman–Crippen MR) is 69.6 cm³/mol. The number of ether oxygens (including phenoxy) is 1. The normalized spacial score (nSPS) is 11.7. The van der Waals surface area contributed by atoms with Crippen LogP contribution in [-0.2, 0) is 5.92 Å². The van der Waals surface area contributed by atoms with E-state index >= 15 is 0 Å². The predicted octanol–water partition coefficient (Wildman–Crippen LogP) is 3.32. The molecule has 18 heavy (non-hydrogen) atoms. The molecular weight excluding hydrogens is 236 g/mol. The zero-order chi connectivity index (χ0) is 13.9. The van der Waals surface area contributed by atoms with E-state index in [1.54, 1.807) is 28.0 Å². The Morgan fingerprint density at radius 1 is 1.22 bits per heavy atom. The lowest BCUT2D eigenvalue weighted by Crippen LogP contribution is -2.22. The van der Waals surface area contributed by atoms with E-state index in [2.05, 4.69) is 5.32 Å². The smallest absolute Gasteiger partial charge is 0.274 e. The maximum absolute atomic E-state index is 14.1. The standard InChI is InChI=1S/C14H21F2NO/c1-9-8-12(14(15,16)6-7-17-4)10(2)11(3)13(9)18-5/h8,17H,6-7H2,1-5H3. The van der Waals surface area contributed by atoms with Crippen LogP contribution in [0.3, 0.4) is 0 Å². The fraction of sp³-hybridized carbons (Fsp3) is 0.571. The first-order chi connectivity index (χ1) is 8.35. The van der Waals surface area contributed by atoms with Crippen LogP contribution in [0.15, 0.2) is 6.07 Å². The third kappa shape index (κ3) is 2.80. The number of nitrogens with one attached hydrogen (secondary N) is 1. The second kappa shape index (κ2) is 5.65. The van der Waals surface area contributed by atoms with Gasteiger partial charge < -0.3 is 10.1 Å². The summed E-state index contributed by atoms with van der Waals surface area (Å²) in [5, 5.41) is 2.76. The van der Waals surface area contributed by atoms with Gasteiger partial charge in [-0.05, 0) is 50.6 Å². The van der Waals surface area contributed by atoms with Crippen LogP contribution < -0.4 is 10.1 Å². The monoisotopic (exact) mass is 257 g/mol. The Morgan fingerprint density at radius 2 is 1.83 bits per heavy atom. The molecule has 2 nitrogen and oxygen atoms in total. The fourth-order valence-corrected chi connectivity index (χ4v) is 2.17. The van der Waals surface area contributed by atoms with Gasteiger partial charge in [-0.1, -0.05) is 0 Å². The Bertz CT molecular complexity index is 430. The first-order valence-corrected chi connectivity index (χ1v) is 6.02. The molecule has 0 amide bonds. The van der Waals surface area contributed by atoms with Gasteiger partial charge >= 0.3 is 0 Å². The van der Waals surface area contributed by atoms with Crippen molar-refractivity contribution in [2.24, 2.45) is 0 Å². The van der Waals surface area contributed by atoms with Crippen LogP contribution >= 0.6 is 0 Å². The van der Waals surface area contributed by atoms with Crippen molar-refractivity contribution in [3.05, 3.63) is 28.3 Å². The molecule has 0 spiro atoms. The molecule has 0 aliphatic heterocycles. The largest absolute Gasteiger partial charge is 0.496 e. The molecule has 0 aliphatic rings. The average molecular weight is 257 g/mol. The van der Waals surface area contributed by atoms with Gasteiger partial charge in [-0.2, -0.15) is 0 Å². The molecule has 102 valence electrons. The molecular formula is C14H21F2NO. The van der Waals surface area contributed by atoms with Crippen LogP contribution in [0.25, 0.3) is 0 Å². The topological polar surface area (TPSA) is 21.3 Å². The van der Waals surface area contributed by atoms with Gasteiger partial charge in [-0.25, -0.2) is 8.78 Å². The van der Waals surface area contributed by atoms with Crippen LogP contribution in [0, 0.1) is 20.8 Å². The fourth-order valence-electron chi connectivity index (χ4n) is 2.17. The molecule has 0 atom stereocenters. The summed E-state index contributed by atoms with van der Waals surface area (Å²) in [7, 11) is 3.24. The Hall–Kier alpha value is -1.16. The summed E-state index contributed by atoms with van der Waals surface area (Å²) in [6.45, 7) is 5.62. The van der Waals surface area contributed by atoms with Crippen molar-refractivity contribution in [3.8, 4) is 5.75 Å². The van der Waals surface area contributed by atoms with Gasteiger partial charge in [0.25, 0.3) is 5.92 Å². The van der Waals surface area contributed by atoms with Crippen molar-refractivity contribution >= 4 is 0 Å². The van der Waals surface area contributed by atoms with Gasteiger partial charge in [-0.3, -0.25) is 0 Å². The van der Waals surface area contributed by atoms with Gasteiger partial charge in [0.1, 0.15) is 5.75 Å². The second-order valence-electron chi connectivity index (χ2n) is 4.58. The molecule has 0 aromatic heterocycles. The lowest BCUT2D eigenvalue weighted by molar-refractivity contribution is -0.0131. The lowest BCUT2D eigenvalue weighted by atomic mass is 9.93. The van der Waals surface area contributed by atoms with Gasteiger partial charge in [-0.15, -0.1) is 0 Å². The number of hydrogen-bond donors (Lipinski definition) is 1. The Balaban J connectivity index is 3.25. The van der Waals surface area contributed by atoms with E-state index < -0.39 is 5.92 Å². The van der Waals surface area contributed by atoms with Crippen LogP contribution in [0.1, 0.15) is 28.7 Å². The average Bonchev–Trinajstić information content (AvgIpc) is 2.32. The quantitative estimate of drug-likeness (QED) is 0.873. The minimum atomic E-state index is -2.81. The molecule has 1 aromatic carbocycles. The van der Waals surface area contributed by atoms with Crippen molar-refractivity contribution < 1.29 is 13.5 Å². The highest BCUT2D eigenvalue weighted by molar-refractivity contribution is 5.50. The molecule has 0 heterocycles. The van der Waals surface area contributed by atoms with Crippen molar-refractivity contribution in [1.82, 2.24) is 5.32 Å². The lowest BCUT2D eigenvalue weighted by Gasteiger charge is -2.22. The first kappa shape index (κ1) is 14.9. The van der Waals surface area contributed by atoms with Crippen LogP contribution in [0.2, 0.25) is 0 Å². The van der Waals surface area contributed by atoms with Crippen molar-refractivity contribution in [3.63, 3.8) is 0 Å². The number of halogens is 2. The number of hydrogen-bond acceptors (Lipinski definition) is 2. The molecule has 0 unspecified atom stereocenters. The van der Waals surface area contributed by atoms with Crippen LogP contribution in [0.5, 0.6) is 5.75 Å². The SMILES string of the molecule is CNCCC(F)(F)c1cc(C)c(OC)c(C)c1C. The third-order valence-electron chi connectivity index (χ3n) is 3.31. The molecule has 1 rings (SSSR count). The summed E-state index contributed by atoms with van der Waals surface area (Å²) in [6, 6.07) is 1.54. The van der Waals surface area contributed by atoms with Gasteiger partial charge in [0.2, 0.25) is 0 Å². The molecule has 1 aromatic rings. The van der Waals surface area contributed by atoms with E-state index in [1.807, 2.05) is 6.92 Å². The molecule has 0 fully saturated rings. The molecule has 4 heteroatoms. The second-order valence-corrected chi connectivity index (χ2v) is 4.58. The van der Waals surface area contributed by atoms with Gasteiger partial charge in [0.15, 0.2) is 0 Å². The highest BCUT2D eigenvalue weighted by Gasteiger charge is 2.33. The zero-order valence-corrected chi connectivity index (χ0v) is 11.7. The molecule has 0 bridgehead atoms. The number of aryl methyl sites for hydroxylation is 1. The summed E-state index contributed by atoms with van der Waals surface area (Å²) in [6.07, 6.45) is -0.199. The number of alkyl halides is 2. The Kier molecular flexibility index (Phi) is 4.68. The highest BCUT2D eigenvalue weighted by Crippen LogP contribution is 2.38. The zero-order valence-electron chi connectivity index (χ0n) is 11.7. The molecule has 1 N–H and O–H groups in total.